The van der Waals surface area contributed by atoms with Crippen molar-refractivity contribution in [1.82, 2.24) is 14.9 Å². The lowest BCUT2D eigenvalue weighted by Gasteiger charge is -2.64. The molecule has 2 aliphatic heterocycles. The minimum Gasteiger partial charge on any atom is -0.492 e. The number of hydrogen-bond donors (Lipinski definition) is 1. The van der Waals surface area contributed by atoms with Gasteiger partial charge in [-0.2, -0.15) is 5.26 Å². The van der Waals surface area contributed by atoms with Crippen LogP contribution in [0, 0.1) is 28.0 Å². The number of nitrogens with one attached hydrogen (secondary N) is 1. The van der Waals surface area contributed by atoms with Crippen LogP contribution in [0.5, 0.6) is 5.75 Å². The van der Waals surface area contributed by atoms with Gasteiger partial charge in [0.05, 0.1) is 35.6 Å². The van der Waals surface area contributed by atoms with Crippen molar-refractivity contribution in [2.45, 2.75) is 70.4 Å². The highest BCUT2D eigenvalue weighted by Gasteiger charge is 2.61. The Labute approximate surface area is 175 Å². The number of hydrogen-bond acceptors (Lipinski definition) is 4. The average Bonchev–Trinajstić information content (AvgIpc) is 3.12. The van der Waals surface area contributed by atoms with E-state index in [1.165, 1.54) is 13.3 Å². The Morgan fingerprint density at radius 1 is 1.37 bits per heavy atom. The number of aromatic nitrogens is 2. The van der Waals surface area contributed by atoms with Gasteiger partial charge < -0.3 is 14.6 Å². The van der Waals surface area contributed by atoms with E-state index in [1.807, 2.05) is 18.7 Å². The van der Waals surface area contributed by atoms with Crippen molar-refractivity contribution in [3.63, 3.8) is 0 Å². The standard InChI is InChI=1S/C23H27FN4O2/c1-21(2,15-9-26-19-17(15)18(24)16(30-4)10-27-19)20(29)28-13-5-22(3)6-14(28)8-23(7-13,11-22)12-25/h9-10,13-14H,5-8,11H2,1-4H3,(H,26,27). The minimum atomic E-state index is -0.941. The molecule has 2 aromatic heterocycles. The maximum absolute atomic E-state index is 15.1. The van der Waals surface area contributed by atoms with Crippen molar-refractivity contribution >= 4 is 16.9 Å². The largest absolute Gasteiger partial charge is 0.492 e. The molecule has 30 heavy (non-hydrogen) atoms. The van der Waals surface area contributed by atoms with Gasteiger partial charge in [0.25, 0.3) is 0 Å². The van der Waals surface area contributed by atoms with Gasteiger partial charge in [0.15, 0.2) is 11.6 Å². The zero-order valence-corrected chi connectivity index (χ0v) is 17.9. The molecule has 2 saturated heterocycles. The van der Waals surface area contributed by atoms with Crippen LogP contribution in [0.4, 0.5) is 4.39 Å². The van der Waals surface area contributed by atoms with Crippen LogP contribution in [0.15, 0.2) is 12.4 Å². The lowest BCUT2D eigenvalue weighted by Crippen LogP contribution is -2.67. The zero-order valence-electron chi connectivity index (χ0n) is 17.9. The number of pyridine rings is 1. The van der Waals surface area contributed by atoms with Crippen LogP contribution in [-0.4, -0.2) is 40.0 Å². The lowest BCUT2D eigenvalue weighted by atomic mass is 9.50. The van der Waals surface area contributed by atoms with Crippen LogP contribution in [-0.2, 0) is 10.2 Å². The molecule has 4 bridgehead atoms. The van der Waals surface area contributed by atoms with Crippen molar-refractivity contribution in [3.8, 4) is 11.8 Å². The predicted octanol–water partition coefficient (Wildman–Crippen LogP) is 4.06. The summed E-state index contributed by atoms with van der Waals surface area (Å²) >= 11 is 0. The summed E-state index contributed by atoms with van der Waals surface area (Å²) in [6.45, 7) is 5.96. The van der Waals surface area contributed by atoms with E-state index in [1.54, 1.807) is 6.20 Å². The summed E-state index contributed by atoms with van der Waals surface area (Å²) in [4.78, 5) is 23.2. The molecule has 1 amide bonds. The molecule has 2 atom stereocenters. The summed E-state index contributed by atoms with van der Waals surface area (Å²) in [7, 11) is 1.40. The molecule has 2 aliphatic carbocycles. The van der Waals surface area contributed by atoms with E-state index in [0.29, 0.717) is 16.6 Å². The van der Waals surface area contributed by atoms with Crippen molar-refractivity contribution in [2.24, 2.45) is 10.8 Å². The maximum atomic E-state index is 15.1. The van der Waals surface area contributed by atoms with Crippen LogP contribution >= 0.6 is 0 Å². The molecule has 6 nitrogen and oxygen atoms in total. The van der Waals surface area contributed by atoms with Gasteiger partial charge >= 0.3 is 0 Å². The van der Waals surface area contributed by atoms with Gasteiger partial charge in [-0.15, -0.1) is 0 Å². The second-order valence-electron chi connectivity index (χ2n) is 10.4. The Morgan fingerprint density at radius 3 is 2.63 bits per heavy atom. The van der Waals surface area contributed by atoms with E-state index < -0.39 is 11.2 Å². The monoisotopic (exact) mass is 410 g/mol. The van der Waals surface area contributed by atoms with Crippen molar-refractivity contribution < 1.29 is 13.9 Å². The molecular weight excluding hydrogens is 383 g/mol. The van der Waals surface area contributed by atoms with E-state index in [4.69, 9.17) is 4.74 Å². The molecular formula is C23H27FN4O2. The van der Waals surface area contributed by atoms with Crippen LogP contribution in [0.25, 0.3) is 11.0 Å². The Balaban J connectivity index is 1.55. The summed E-state index contributed by atoms with van der Waals surface area (Å²) in [6.07, 6.45) is 7.33. The number of aromatic amines is 1. The van der Waals surface area contributed by atoms with Crippen molar-refractivity contribution in [3.05, 3.63) is 23.8 Å². The van der Waals surface area contributed by atoms with Gasteiger partial charge in [-0.25, -0.2) is 9.37 Å². The second kappa shape index (κ2) is 5.96. The smallest absolute Gasteiger partial charge is 0.233 e. The molecule has 0 aromatic carbocycles. The third-order valence-corrected chi connectivity index (χ3v) is 7.77. The summed E-state index contributed by atoms with van der Waals surface area (Å²) in [5.74, 6) is -0.447. The third kappa shape index (κ3) is 2.46. The normalized spacial score (nSPS) is 32.5. The van der Waals surface area contributed by atoms with Gasteiger partial charge in [0, 0.05) is 18.3 Å². The van der Waals surface area contributed by atoms with Crippen molar-refractivity contribution in [1.29, 1.82) is 5.26 Å². The van der Waals surface area contributed by atoms with E-state index in [2.05, 4.69) is 23.0 Å². The molecule has 4 aliphatic rings. The maximum Gasteiger partial charge on any atom is 0.233 e. The first-order valence-electron chi connectivity index (χ1n) is 10.6. The fourth-order valence-corrected chi connectivity index (χ4v) is 6.72. The first kappa shape index (κ1) is 19.3. The minimum absolute atomic E-state index is 0.00360. The van der Waals surface area contributed by atoms with E-state index in [9.17, 15) is 10.1 Å². The first-order chi connectivity index (χ1) is 14.1. The van der Waals surface area contributed by atoms with Crippen LogP contribution in [0.2, 0.25) is 0 Å². The highest BCUT2D eigenvalue weighted by atomic mass is 19.1. The molecule has 0 spiro atoms. The van der Waals surface area contributed by atoms with E-state index in [0.717, 1.165) is 32.1 Å². The van der Waals surface area contributed by atoms with E-state index >= 15 is 4.39 Å². The number of H-pyrrole nitrogens is 1. The fourth-order valence-electron chi connectivity index (χ4n) is 6.72. The number of rotatable bonds is 3. The number of halogens is 1. The summed E-state index contributed by atoms with van der Waals surface area (Å²) in [5, 5.41) is 10.2. The van der Waals surface area contributed by atoms with Gasteiger partial charge in [-0.05, 0) is 56.9 Å². The van der Waals surface area contributed by atoms with Gasteiger partial charge in [-0.1, -0.05) is 6.92 Å². The summed E-state index contributed by atoms with van der Waals surface area (Å²) in [5.41, 5.74) is -0.122. The average molecular weight is 410 g/mol. The fraction of sp³-hybridized carbons (Fsp3) is 0.609. The SMILES string of the molecule is COc1cnc2[nH]cc(C(C)(C)C(=O)N3C4CC5(C)CC3CC(C#N)(C4)C5)c2c1F. The molecule has 4 heterocycles. The quantitative estimate of drug-likeness (QED) is 0.827. The number of carbonyl (C=O) groups excluding carboxylic acids is 1. The topological polar surface area (TPSA) is 82.0 Å². The molecule has 7 heteroatoms. The van der Waals surface area contributed by atoms with Gasteiger partial charge in [-0.3, -0.25) is 4.79 Å². The number of fused-ring (bicyclic) bond motifs is 1. The number of amides is 1. The summed E-state index contributed by atoms with van der Waals surface area (Å²) < 4.78 is 20.2. The molecule has 1 N–H and O–H groups in total. The molecule has 2 saturated carbocycles. The molecule has 2 unspecified atom stereocenters. The molecule has 4 fully saturated rings. The Bertz CT molecular complexity index is 1080. The Hall–Kier alpha value is -2.62. The third-order valence-electron chi connectivity index (χ3n) is 7.77. The van der Waals surface area contributed by atoms with Crippen LogP contribution in [0.3, 0.4) is 0 Å². The number of carbonyl (C=O) groups is 1. The van der Waals surface area contributed by atoms with Crippen LogP contribution in [0.1, 0.15) is 58.4 Å². The summed E-state index contributed by atoms with van der Waals surface area (Å²) in [6, 6.07) is 2.74. The second-order valence-corrected chi connectivity index (χ2v) is 10.4. The Morgan fingerprint density at radius 2 is 2.03 bits per heavy atom. The molecule has 0 radical (unpaired) electrons. The molecule has 158 valence electrons. The number of piperidine rings is 2. The molecule has 2 aromatic rings. The van der Waals surface area contributed by atoms with E-state index in [-0.39, 0.29) is 34.6 Å². The van der Waals surface area contributed by atoms with Gasteiger partial charge in [0.2, 0.25) is 5.91 Å². The number of nitriles is 1. The highest BCUT2D eigenvalue weighted by molar-refractivity contribution is 5.94. The zero-order chi connectivity index (χ0) is 21.5. The first-order valence-corrected chi connectivity index (χ1v) is 10.6. The lowest BCUT2D eigenvalue weighted by molar-refractivity contribution is -0.167. The van der Waals surface area contributed by atoms with Crippen molar-refractivity contribution in [2.75, 3.05) is 7.11 Å². The Kier molecular flexibility index (Phi) is 3.85. The highest BCUT2D eigenvalue weighted by Crippen LogP contribution is 2.61. The number of methoxy groups -OCH3 is 1. The van der Waals surface area contributed by atoms with Gasteiger partial charge in [0.1, 0.15) is 5.65 Å². The number of nitrogens with zero attached hydrogens (tertiary/aromatic N) is 3. The number of ether oxygens (including phenoxy) is 1. The van der Waals surface area contributed by atoms with Crippen LogP contribution < -0.4 is 4.74 Å². The predicted molar refractivity (Wildman–Crippen MR) is 109 cm³/mol. The molecule has 6 rings (SSSR count).